The number of hydrogen-bond acceptors (Lipinski definition) is 3. The van der Waals surface area contributed by atoms with Gasteiger partial charge in [-0.05, 0) is 37.4 Å². The van der Waals surface area contributed by atoms with Crippen molar-refractivity contribution < 1.29 is 4.79 Å². The van der Waals surface area contributed by atoms with Crippen LogP contribution >= 0.6 is 0 Å². The van der Waals surface area contributed by atoms with Crippen LogP contribution < -0.4 is 5.73 Å². The molecule has 0 spiro atoms. The monoisotopic (exact) mass is 298 g/mol. The molecule has 1 aromatic carbocycles. The van der Waals surface area contributed by atoms with E-state index in [1.165, 1.54) is 16.7 Å². The number of carbonyl (C=O) groups excluding carboxylic acids is 1. The first-order chi connectivity index (χ1) is 10.5. The highest BCUT2D eigenvalue weighted by Gasteiger charge is 2.29. The molecule has 22 heavy (non-hydrogen) atoms. The van der Waals surface area contributed by atoms with E-state index in [-0.39, 0.29) is 11.9 Å². The third-order valence-electron chi connectivity index (χ3n) is 4.35. The molecule has 1 aliphatic rings. The Balaban J connectivity index is 1.92. The Bertz CT molecular complexity index is 692. The second kappa shape index (κ2) is 5.93. The van der Waals surface area contributed by atoms with Gasteiger partial charge in [-0.2, -0.15) is 5.10 Å². The molecule has 1 amide bonds. The van der Waals surface area contributed by atoms with Gasteiger partial charge in [0.05, 0.1) is 12.2 Å². The highest BCUT2D eigenvalue weighted by molar-refractivity contribution is 5.80. The molecule has 2 aromatic rings. The standard InChI is InChI=1S/C17H22N4O/c1-12-5-6-13(11-21-7-3-4-16(21)17(18)22)15(8-12)14-9-19-20(2)10-14/h5-6,8-10,16H,3-4,7,11H2,1-2H3,(H2,18,22). The van der Waals surface area contributed by atoms with Crippen LogP contribution in [0.4, 0.5) is 0 Å². The van der Waals surface area contributed by atoms with Crippen LogP contribution in [0.2, 0.25) is 0 Å². The summed E-state index contributed by atoms with van der Waals surface area (Å²) in [6.07, 6.45) is 5.80. The Morgan fingerprint density at radius 2 is 2.27 bits per heavy atom. The Morgan fingerprint density at radius 3 is 2.95 bits per heavy atom. The van der Waals surface area contributed by atoms with Crippen molar-refractivity contribution >= 4 is 5.91 Å². The smallest absolute Gasteiger partial charge is 0.234 e. The van der Waals surface area contributed by atoms with Gasteiger partial charge in [-0.1, -0.05) is 23.8 Å². The maximum atomic E-state index is 11.6. The number of benzene rings is 1. The molecule has 1 atom stereocenters. The minimum atomic E-state index is -0.215. The van der Waals surface area contributed by atoms with Crippen LogP contribution in [0.1, 0.15) is 24.0 Å². The first kappa shape index (κ1) is 14.8. The van der Waals surface area contributed by atoms with Gasteiger partial charge in [0.1, 0.15) is 0 Å². The molecule has 1 aromatic heterocycles. The molecular weight excluding hydrogens is 276 g/mol. The molecule has 0 bridgehead atoms. The fourth-order valence-corrected chi connectivity index (χ4v) is 3.21. The van der Waals surface area contributed by atoms with Gasteiger partial charge in [0.2, 0.25) is 5.91 Å². The van der Waals surface area contributed by atoms with E-state index < -0.39 is 0 Å². The van der Waals surface area contributed by atoms with Gasteiger partial charge in [-0.25, -0.2) is 0 Å². The summed E-state index contributed by atoms with van der Waals surface area (Å²) in [5.74, 6) is -0.215. The summed E-state index contributed by atoms with van der Waals surface area (Å²) in [7, 11) is 1.92. The van der Waals surface area contributed by atoms with Crippen LogP contribution in [0.5, 0.6) is 0 Å². The fraction of sp³-hybridized carbons (Fsp3) is 0.412. The summed E-state index contributed by atoms with van der Waals surface area (Å²) < 4.78 is 1.81. The Kier molecular flexibility index (Phi) is 3.98. The number of aromatic nitrogens is 2. The fourth-order valence-electron chi connectivity index (χ4n) is 3.21. The predicted octanol–water partition coefficient (Wildman–Crippen LogP) is 1.85. The maximum absolute atomic E-state index is 11.6. The second-order valence-corrected chi connectivity index (χ2v) is 6.09. The van der Waals surface area contributed by atoms with Crippen molar-refractivity contribution in [3.05, 3.63) is 41.7 Å². The average molecular weight is 298 g/mol. The quantitative estimate of drug-likeness (QED) is 0.937. The number of aryl methyl sites for hydroxylation is 2. The van der Waals surface area contributed by atoms with E-state index in [0.29, 0.717) is 0 Å². The zero-order chi connectivity index (χ0) is 15.7. The van der Waals surface area contributed by atoms with Crippen LogP contribution in [0.3, 0.4) is 0 Å². The zero-order valence-electron chi connectivity index (χ0n) is 13.1. The summed E-state index contributed by atoms with van der Waals surface area (Å²) in [5, 5.41) is 4.27. The van der Waals surface area contributed by atoms with Gasteiger partial charge in [0, 0.05) is 25.4 Å². The van der Waals surface area contributed by atoms with E-state index in [1.54, 1.807) is 0 Å². The molecule has 3 rings (SSSR count). The van der Waals surface area contributed by atoms with Crippen LogP contribution in [-0.4, -0.2) is 33.2 Å². The SMILES string of the molecule is Cc1ccc(CN2CCCC2C(N)=O)c(-c2cnn(C)c2)c1. The molecule has 1 saturated heterocycles. The number of likely N-dealkylation sites (tertiary alicyclic amines) is 1. The van der Waals surface area contributed by atoms with E-state index in [0.717, 1.165) is 31.5 Å². The molecule has 2 N–H and O–H groups in total. The lowest BCUT2D eigenvalue weighted by molar-refractivity contribution is -0.122. The third kappa shape index (κ3) is 2.90. The summed E-state index contributed by atoms with van der Waals surface area (Å²) in [4.78, 5) is 13.8. The lowest BCUT2D eigenvalue weighted by Gasteiger charge is -2.23. The predicted molar refractivity (Wildman–Crippen MR) is 86.0 cm³/mol. The summed E-state index contributed by atoms with van der Waals surface area (Å²) in [6, 6.07) is 6.31. The number of rotatable bonds is 4. The molecule has 1 unspecified atom stereocenters. The molecule has 2 heterocycles. The second-order valence-electron chi connectivity index (χ2n) is 6.09. The highest BCUT2D eigenvalue weighted by Crippen LogP contribution is 2.28. The molecule has 5 nitrogen and oxygen atoms in total. The lowest BCUT2D eigenvalue weighted by atomic mass is 9.99. The van der Waals surface area contributed by atoms with Crippen LogP contribution in [-0.2, 0) is 18.4 Å². The van der Waals surface area contributed by atoms with Crippen molar-refractivity contribution in [2.45, 2.75) is 32.4 Å². The Morgan fingerprint density at radius 1 is 1.45 bits per heavy atom. The van der Waals surface area contributed by atoms with Gasteiger partial charge in [-0.15, -0.1) is 0 Å². The first-order valence-corrected chi connectivity index (χ1v) is 7.66. The Hall–Kier alpha value is -2.14. The van der Waals surface area contributed by atoms with Gasteiger partial charge < -0.3 is 5.73 Å². The molecule has 1 aliphatic heterocycles. The molecule has 1 fully saturated rings. The number of nitrogens with zero attached hydrogens (tertiary/aromatic N) is 3. The number of primary amides is 1. The lowest BCUT2D eigenvalue weighted by Crippen LogP contribution is -2.39. The molecule has 116 valence electrons. The summed E-state index contributed by atoms with van der Waals surface area (Å²) in [6.45, 7) is 3.76. The normalized spacial score (nSPS) is 18.7. The first-order valence-electron chi connectivity index (χ1n) is 7.66. The van der Waals surface area contributed by atoms with Gasteiger partial charge in [0.15, 0.2) is 0 Å². The van der Waals surface area contributed by atoms with E-state index in [4.69, 9.17) is 5.73 Å². The largest absolute Gasteiger partial charge is 0.368 e. The van der Waals surface area contributed by atoms with Crippen molar-refractivity contribution in [1.29, 1.82) is 0 Å². The van der Waals surface area contributed by atoms with E-state index in [9.17, 15) is 4.79 Å². The molecular formula is C17H22N4O. The zero-order valence-corrected chi connectivity index (χ0v) is 13.1. The molecule has 5 heteroatoms. The van der Waals surface area contributed by atoms with Crippen molar-refractivity contribution in [2.24, 2.45) is 12.8 Å². The van der Waals surface area contributed by atoms with Crippen LogP contribution in [0.15, 0.2) is 30.6 Å². The Labute approximate surface area is 130 Å². The van der Waals surface area contributed by atoms with Crippen molar-refractivity contribution in [1.82, 2.24) is 14.7 Å². The van der Waals surface area contributed by atoms with Crippen LogP contribution in [0, 0.1) is 6.92 Å². The topological polar surface area (TPSA) is 64.2 Å². The molecule has 0 saturated carbocycles. The van der Waals surface area contributed by atoms with Crippen molar-refractivity contribution in [3.63, 3.8) is 0 Å². The van der Waals surface area contributed by atoms with E-state index in [2.05, 4.69) is 35.1 Å². The minimum Gasteiger partial charge on any atom is -0.368 e. The van der Waals surface area contributed by atoms with Gasteiger partial charge in [-0.3, -0.25) is 14.4 Å². The third-order valence-corrected chi connectivity index (χ3v) is 4.35. The number of carbonyl (C=O) groups is 1. The van der Waals surface area contributed by atoms with Crippen LogP contribution in [0.25, 0.3) is 11.1 Å². The average Bonchev–Trinajstić information content (AvgIpc) is 3.09. The number of nitrogens with two attached hydrogens (primary N) is 1. The van der Waals surface area contributed by atoms with Crippen molar-refractivity contribution in [3.8, 4) is 11.1 Å². The van der Waals surface area contributed by atoms with E-state index in [1.807, 2.05) is 24.1 Å². The highest BCUT2D eigenvalue weighted by atomic mass is 16.1. The minimum absolute atomic E-state index is 0.136. The summed E-state index contributed by atoms with van der Waals surface area (Å²) >= 11 is 0. The van der Waals surface area contributed by atoms with Gasteiger partial charge >= 0.3 is 0 Å². The van der Waals surface area contributed by atoms with Crippen molar-refractivity contribution in [2.75, 3.05) is 6.54 Å². The van der Waals surface area contributed by atoms with E-state index >= 15 is 0 Å². The molecule has 0 aliphatic carbocycles. The number of hydrogen-bond donors (Lipinski definition) is 1. The number of amides is 1. The molecule has 0 radical (unpaired) electrons. The summed E-state index contributed by atoms with van der Waals surface area (Å²) in [5.41, 5.74) is 10.2. The maximum Gasteiger partial charge on any atom is 0.234 e. The van der Waals surface area contributed by atoms with Gasteiger partial charge in [0.25, 0.3) is 0 Å².